The molecule has 0 saturated carbocycles. The van der Waals surface area contributed by atoms with Gasteiger partial charge in [0.15, 0.2) is 5.78 Å². The van der Waals surface area contributed by atoms with Crippen LogP contribution in [0.1, 0.15) is 22.8 Å². The number of benzene rings is 2. The van der Waals surface area contributed by atoms with Gasteiger partial charge in [-0.15, -0.1) is 0 Å². The first-order valence-electron chi connectivity index (χ1n) is 6.24. The molecule has 3 heteroatoms. The lowest BCUT2D eigenvalue weighted by atomic mass is 10.1. The SMILES string of the molecule is CC(=O)c1ccc(NCCc2ccc(F)cc2)cc1. The highest BCUT2D eigenvalue weighted by molar-refractivity contribution is 5.94. The Labute approximate surface area is 112 Å². The molecule has 19 heavy (non-hydrogen) atoms. The second-order valence-electron chi connectivity index (χ2n) is 4.44. The van der Waals surface area contributed by atoms with Crippen molar-refractivity contribution in [2.24, 2.45) is 0 Å². The molecule has 0 heterocycles. The van der Waals surface area contributed by atoms with Gasteiger partial charge in [-0.2, -0.15) is 0 Å². The van der Waals surface area contributed by atoms with Crippen LogP contribution in [0.15, 0.2) is 48.5 Å². The highest BCUT2D eigenvalue weighted by Crippen LogP contribution is 2.10. The first-order valence-corrected chi connectivity index (χ1v) is 6.24. The monoisotopic (exact) mass is 257 g/mol. The molecular formula is C16H16FNO. The van der Waals surface area contributed by atoms with Crippen LogP contribution < -0.4 is 5.32 Å². The summed E-state index contributed by atoms with van der Waals surface area (Å²) in [6, 6.07) is 13.9. The molecule has 2 nitrogen and oxygen atoms in total. The molecule has 98 valence electrons. The Morgan fingerprint density at radius 3 is 2.26 bits per heavy atom. The Hall–Kier alpha value is -2.16. The standard InChI is InChI=1S/C16H16FNO/c1-12(19)14-4-8-16(9-5-14)18-11-10-13-2-6-15(17)7-3-13/h2-9,18H,10-11H2,1H3. The third kappa shape index (κ3) is 3.91. The van der Waals surface area contributed by atoms with E-state index in [4.69, 9.17) is 0 Å². The van der Waals surface area contributed by atoms with E-state index in [0.717, 1.165) is 24.2 Å². The van der Waals surface area contributed by atoms with Gasteiger partial charge in [-0.3, -0.25) is 4.79 Å². The topological polar surface area (TPSA) is 29.1 Å². The van der Waals surface area contributed by atoms with Crippen molar-refractivity contribution < 1.29 is 9.18 Å². The molecule has 0 aliphatic heterocycles. The van der Waals surface area contributed by atoms with Gasteiger partial charge in [-0.1, -0.05) is 12.1 Å². The number of ketones is 1. The Morgan fingerprint density at radius 2 is 1.68 bits per heavy atom. The van der Waals surface area contributed by atoms with Gasteiger partial charge < -0.3 is 5.32 Å². The highest BCUT2D eigenvalue weighted by atomic mass is 19.1. The lowest BCUT2D eigenvalue weighted by Crippen LogP contribution is -2.05. The van der Waals surface area contributed by atoms with Gasteiger partial charge in [-0.25, -0.2) is 4.39 Å². The molecule has 0 aliphatic carbocycles. The van der Waals surface area contributed by atoms with E-state index in [-0.39, 0.29) is 11.6 Å². The van der Waals surface area contributed by atoms with Gasteiger partial charge in [0.2, 0.25) is 0 Å². The van der Waals surface area contributed by atoms with Gasteiger partial charge in [-0.05, 0) is 55.3 Å². The number of hydrogen-bond donors (Lipinski definition) is 1. The molecule has 0 fully saturated rings. The Balaban J connectivity index is 1.85. The van der Waals surface area contributed by atoms with Crippen molar-refractivity contribution in [3.05, 3.63) is 65.5 Å². The maximum atomic E-state index is 12.7. The summed E-state index contributed by atoms with van der Waals surface area (Å²) in [6.45, 7) is 2.32. The van der Waals surface area contributed by atoms with Crippen molar-refractivity contribution in [3.8, 4) is 0 Å². The lowest BCUT2D eigenvalue weighted by molar-refractivity contribution is 0.101. The Kier molecular flexibility index (Phi) is 4.29. The first kappa shape index (κ1) is 13.3. The summed E-state index contributed by atoms with van der Waals surface area (Å²) in [7, 11) is 0. The number of halogens is 1. The number of carbonyl (C=O) groups is 1. The number of Topliss-reactive ketones (excluding diaryl/α,β-unsaturated/α-hetero) is 1. The zero-order valence-corrected chi connectivity index (χ0v) is 10.8. The normalized spacial score (nSPS) is 10.2. The summed E-state index contributed by atoms with van der Waals surface area (Å²) in [6.07, 6.45) is 0.828. The van der Waals surface area contributed by atoms with E-state index in [1.165, 1.54) is 12.1 Å². The molecule has 0 unspecified atom stereocenters. The molecular weight excluding hydrogens is 241 g/mol. The van der Waals surface area contributed by atoms with Crippen LogP contribution in [-0.2, 0) is 6.42 Å². The zero-order valence-electron chi connectivity index (χ0n) is 10.8. The van der Waals surface area contributed by atoms with Crippen molar-refractivity contribution in [3.63, 3.8) is 0 Å². The van der Waals surface area contributed by atoms with Crippen LogP contribution in [0.4, 0.5) is 10.1 Å². The lowest BCUT2D eigenvalue weighted by Gasteiger charge is -2.07. The van der Waals surface area contributed by atoms with Crippen molar-refractivity contribution in [2.45, 2.75) is 13.3 Å². The molecule has 2 rings (SSSR count). The Morgan fingerprint density at radius 1 is 1.05 bits per heavy atom. The predicted molar refractivity (Wildman–Crippen MR) is 75.0 cm³/mol. The van der Waals surface area contributed by atoms with Crippen LogP contribution in [0.25, 0.3) is 0 Å². The second kappa shape index (κ2) is 6.14. The quantitative estimate of drug-likeness (QED) is 0.828. The Bertz CT molecular complexity index is 546. The van der Waals surface area contributed by atoms with Gasteiger partial charge >= 0.3 is 0 Å². The van der Waals surface area contributed by atoms with Gasteiger partial charge in [0, 0.05) is 17.8 Å². The number of hydrogen-bond acceptors (Lipinski definition) is 2. The van der Waals surface area contributed by atoms with E-state index in [9.17, 15) is 9.18 Å². The van der Waals surface area contributed by atoms with E-state index >= 15 is 0 Å². The zero-order chi connectivity index (χ0) is 13.7. The third-order valence-electron chi connectivity index (χ3n) is 2.95. The van der Waals surface area contributed by atoms with Crippen LogP contribution in [0, 0.1) is 5.82 Å². The first-order chi connectivity index (χ1) is 9.15. The molecule has 0 spiro atoms. The highest BCUT2D eigenvalue weighted by Gasteiger charge is 1.99. The fraction of sp³-hybridized carbons (Fsp3) is 0.188. The van der Waals surface area contributed by atoms with E-state index in [1.807, 2.05) is 24.3 Å². The number of nitrogens with one attached hydrogen (secondary N) is 1. The van der Waals surface area contributed by atoms with E-state index in [0.29, 0.717) is 5.56 Å². The van der Waals surface area contributed by atoms with Gasteiger partial charge in [0.05, 0.1) is 0 Å². The fourth-order valence-electron chi connectivity index (χ4n) is 1.83. The van der Waals surface area contributed by atoms with Crippen LogP contribution in [0.3, 0.4) is 0 Å². The van der Waals surface area contributed by atoms with Crippen LogP contribution in [0.2, 0.25) is 0 Å². The smallest absolute Gasteiger partial charge is 0.159 e. The van der Waals surface area contributed by atoms with Crippen molar-refractivity contribution in [2.75, 3.05) is 11.9 Å². The fourth-order valence-corrected chi connectivity index (χ4v) is 1.83. The van der Waals surface area contributed by atoms with E-state index in [2.05, 4.69) is 5.32 Å². The molecule has 0 bridgehead atoms. The summed E-state index contributed by atoms with van der Waals surface area (Å²) in [5.41, 5.74) is 2.78. The van der Waals surface area contributed by atoms with Crippen LogP contribution >= 0.6 is 0 Å². The number of rotatable bonds is 5. The summed E-state index contributed by atoms with van der Waals surface area (Å²) >= 11 is 0. The van der Waals surface area contributed by atoms with Crippen LogP contribution in [0.5, 0.6) is 0 Å². The van der Waals surface area contributed by atoms with E-state index < -0.39 is 0 Å². The second-order valence-corrected chi connectivity index (χ2v) is 4.44. The summed E-state index contributed by atoms with van der Waals surface area (Å²) in [5.74, 6) is -0.144. The molecule has 2 aromatic carbocycles. The van der Waals surface area contributed by atoms with Gasteiger partial charge in [0.1, 0.15) is 5.82 Å². The van der Waals surface area contributed by atoms with Gasteiger partial charge in [0.25, 0.3) is 0 Å². The minimum absolute atomic E-state index is 0.0675. The minimum Gasteiger partial charge on any atom is -0.385 e. The molecule has 2 aromatic rings. The van der Waals surface area contributed by atoms with Crippen molar-refractivity contribution >= 4 is 11.5 Å². The average Bonchev–Trinajstić information content (AvgIpc) is 2.41. The predicted octanol–water partition coefficient (Wildman–Crippen LogP) is 3.68. The molecule has 1 N–H and O–H groups in total. The summed E-state index contributed by atoms with van der Waals surface area (Å²) in [5, 5.41) is 3.27. The maximum absolute atomic E-state index is 12.7. The third-order valence-corrected chi connectivity index (χ3v) is 2.95. The number of carbonyl (C=O) groups excluding carboxylic acids is 1. The summed E-state index contributed by atoms with van der Waals surface area (Å²) < 4.78 is 12.7. The largest absolute Gasteiger partial charge is 0.385 e. The molecule has 0 aliphatic rings. The van der Waals surface area contributed by atoms with E-state index in [1.54, 1.807) is 19.1 Å². The average molecular weight is 257 g/mol. The molecule has 0 aromatic heterocycles. The van der Waals surface area contributed by atoms with Crippen molar-refractivity contribution in [1.82, 2.24) is 0 Å². The summed E-state index contributed by atoms with van der Waals surface area (Å²) in [4.78, 5) is 11.1. The molecule has 0 amide bonds. The molecule has 0 atom stereocenters. The maximum Gasteiger partial charge on any atom is 0.159 e. The van der Waals surface area contributed by atoms with Crippen molar-refractivity contribution in [1.29, 1.82) is 0 Å². The molecule has 0 saturated heterocycles. The van der Waals surface area contributed by atoms with Crippen LogP contribution in [-0.4, -0.2) is 12.3 Å². The minimum atomic E-state index is -0.212. The molecule has 0 radical (unpaired) electrons. The number of anilines is 1.